The highest BCUT2D eigenvalue weighted by Crippen LogP contribution is 2.24. The molecule has 0 radical (unpaired) electrons. The molecule has 4 heterocycles. The monoisotopic (exact) mass is 521 g/mol. The summed E-state index contributed by atoms with van der Waals surface area (Å²) in [7, 11) is 1.27. The van der Waals surface area contributed by atoms with E-state index in [-0.39, 0.29) is 46.6 Å². The highest BCUT2D eigenvalue weighted by atomic mass is 16.5. The second kappa shape index (κ2) is 12.1. The predicted octanol–water partition coefficient (Wildman–Crippen LogP) is 2.96. The van der Waals surface area contributed by atoms with Gasteiger partial charge in [0.15, 0.2) is 0 Å². The number of carbonyl (C=O) groups excluding carboxylic acids is 3. The van der Waals surface area contributed by atoms with Crippen molar-refractivity contribution in [3.63, 3.8) is 0 Å². The zero-order chi connectivity index (χ0) is 27.1. The molecule has 0 saturated carbocycles. The van der Waals surface area contributed by atoms with Crippen molar-refractivity contribution in [2.75, 3.05) is 38.7 Å². The largest absolute Gasteiger partial charge is 0.475 e. The first-order chi connectivity index (χ1) is 18.3. The number of amides is 2. The normalized spacial score (nSPS) is 13.1. The Morgan fingerprint density at radius 2 is 1.63 bits per heavy atom. The summed E-state index contributed by atoms with van der Waals surface area (Å²) in [5, 5.41) is 2.66. The number of esters is 1. The zero-order valence-electron chi connectivity index (χ0n) is 21.2. The summed E-state index contributed by atoms with van der Waals surface area (Å²) in [6.07, 6.45) is 2.53. The third kappa shape index (κ3) is 6.79. The summed E-state index contributed by atoms with van der Waals surface area (Å²) < 4.78 is 21.4. The number of methoxy groups -OCH3 is 1. The van der Waals surface area contributed by atoms with Gasteiger partial charge < -0.3 is 29.2 Å². The van der Waals surface area contributed by atoms with Crippen LogP contribution in [-0.4, -0.2) is 77.2 Å². The number of aromatic nitrogens is 3. The Bertz CT molecular complexity index is 1290. The number of nitrogens with one attached hydrogen (secondary N) is 1. The number of anilines is 1. The molecule has 2 amide bonds. The molecule has 12 heteroatoms. The van der Waals surface area contributed by atoms with E-state index < -0.39 is 11.9 Å². The van der Waals surface area contributed by atoms with E-state index in [1.165, 1.54) is 43.8 Å². The fourth-order valence-corrected chi connectivity index (χ4v) is 3.48. The second-order valence-corrected chi connectivity index (χ2v) is 8.47. The number of rotatable bonds is 8. The van der Waals surface area contributed by atoms with E-state index in [1.807, 2.05) is 13.8 Å². The SMILES string of the molecule is COC(=O)c1ccc(NC(=O)c2cc(Oc3ccc(C(=O)N4CCOCC4)cn3)nc(OC(C)C)c2)nc1. The van der Waals surface area contributed by atoms with Crippen LogP contribution >= 0.6 is 0 Å². The van der Waals surface area contributed by atoms with E-state index in [0.717, 1.165) is 0 Å². The lowest BCUT2D eigenvalue weighted by atomic mass is 10.2. The molecule has 12 nitrogen and oxygen atoms in total. The summed E-state index contributed by atoms with van der Waals surface area (Å²) in [6, 6.07) is 9.05. The first-order valence-corrected chi connectivity index (χ1v) is 11.9. The molecule has 198 valence electrons. The Kier molecular flexibility index (Phi) is 8.44. The second-order valence-electron chi connectivity index (χ2n) is 8.47. The van der Waals surface area contributed by atoms with Crippen LogP contribution < -0.4 is 14.8 Å². The van der Waals surface area contributed by atoms with Crippen molar-refractivity contribution in [2.45, 2.75) is 20.0 Å². The molecule has 1 aliphatic heterocycles. The van der Waals surface area contributed by atoms with Crippen LogP contribution in [0.5, 0.6) is 17.6 Å². The van der Waals surface area contributed by atoms with Gasteiger partial charge in [-0.3, -0.25) is 9.59 Å². The number of morpholine rings is 1. The lowest BCUT2D eigenvalue weighted by molar-refractivity contribution is 0.0302. The fraction of sp³-hybridized carbons (Fsp3) is 0.308. The van der Waals surface area contributed by atoms with E-state index in [9.17, 15) is 14.4 Å². The molecule has 1 aliphatic rings. The summed E-state index contributed by atoms with van der Waals surface area (Å²) >= 11 is 0. The van der Waals surface area contributed by atoms with Crippen LogP contribution in [0.3, 0.4) is 0 Å². The van der Waals surface area contributed by atoms with Gasteiger partial charge in [0.05, 0.1) is 43.1 Å². The summed E-state index contributed by atoms with van der Waals surface area (Å²) in [4.78, 5) is 51.5. The first-order valence-electron chi connectivity index (χ1n) is 11.9. The van der Waals surface area contributed by atoms with Gasteiger partial charge in [0.2, 0.25) is 17.6 Å². The van der Waals surface area contributed by atoms with Crippen LogP contribution in [0.25, 0.3) is 0 Å². The van der Waals surface area contributed by atoms with E-state index in [1.54, 1.807) is 17.0 Å². The smallest absolute Gasteiger partial charge is 0.339 e. The number of hydrogen-bond donors (Lipinski definition) is 1. The summed E-state index contributed by atoms with van der Waals surface area (Å²) in [5.74, 6) is -0.500. The maximum absolute atomic E-state index is 13.0. The van der Waals surface area contributed by atoms with Gasteiger partial charge in [0.1, 0.15) is 5.82 Å². The molecule has 38 heavy (non-hydrogen) atoms. The molecule has 1 fully saturated rings. The molecule has 0 atom stereocenters. The standard InChI is InChI=1S/C26H27N5O7/c1-16(2)37-22-12-19(24(32)29-20-6-4-18(15-27-20)26(34)35-3)13-23(30-22)38-21-7-5-17(14-28-21)25(33)31-8-10-36-11-9-31/h4-7,12-16H,8-11H2,1-3H3,(H,27,29,32). The third-order valence-corrected chi connectivity index (χ3v) is 5.31. The molecule has 4 rings (SSSR count). The first kappa shape index (κ1) is 26.5. The molecule has 0 bridgehead atoms. The van der Waals surface area contributed by atoms with Crippen LogP contribution in [0.1, 0.15) is 44.9 Å². The number of nitrogens with zero attached hydrogens (tertiary/aromatic N) is 4. The molecule has 0 spiro atoms. The minimum Gasteiger partial charge on any atom is -0.475 e. The van der Waals surface area contributed by atoms with E-state index in [0.29, 0.717) is 31.9 Å². The minimum absolute atomic E-state index is 0.0713. The Balaban J connectivity index is 1.50. The van der Waals surface area contributed by atoms with Crippen LogP contribution in [0, 0.1) is 0 Å². The van der Waals surface area contributed by atoms with Gasteiger partial charge in [-0.25, -0.2) is 14.8 Å². The van der Waals surface area contributed by atoms with E-state index >= 15 is 0 Å². The lowest BCUT2D eigenvalue weighted by Gasteiger charge is -2.26. The number of hydrogen-bond acceptors (Lipinski definition) is 10. The number of ether oxygens (including phenoxy) is 4. The predicted molar refractivity (Wildman–Crippen MR) is 135 cm³/mol. The van der Waals surface area contributed by atoms with Crippen molar-refractivity contribution in [1.29, 1.82) is 0 Å². The van der Waals surface area contributed by atoms with Gasteiger partial charge in [-0.2, -0.15) is 4.98 Å². The highest BCUT2D eigenvalue weighted by molar-refractivity contribution is 6.04. The van der Waals surface area contributed by atoms with Crippen molar-refractivity contribution in [1.82, 2.24) is 19.9 Å². The van der Waals surface area contributed by atoms with Crippen molar-refractivity contribution in [3.05, 3.63) is 65.5 Å². The summed E-state index contributed by atoms with van der Waals surface area (Å²) in [6.45, 7) is 5.72. The average molecular weight is 522 g/mol. The van der Waals surface area contributed by atoms with Gasteiger partial charge in [-0.15, -0.1) is 0 Å². The number of pyridine rings is 3. The van der Waals surface area contributed by atoms with E-state index in [4.69, 9.17) is 14.2 Å². The zero-order valence-corrected chi connectivity index (χ0v) is 21.2. The molecule has 3 aromatic rings. The third-order valence-electron chi connectivity index (χ3n) is 5.31. The minimum atomic E-state index is -0.533. The topological polar surface area (TPSA) is 142 Å². The molecule has 0 aliphatic carbocycles. The Hall–Kier alpha value is -4.58. The Labute approximate surface area is 218 Å². The average Bonchev–Trinajstić information content (AvgIpc) is 2.93. The van der Waals surface area contributed by atoms with Gasteiger partial charge in [-0.05, 0) is 32.0 Å². The van der Waals surface area contributed by atoms with Crippen LogP contribution in [0.15, 0.2) is 48.8 Å². The van der Waals surface area contributed by atoms with Gasteiger partial charge in [0.25, 0.3) is 11.8 Å². The molecular formula is C26H27N5O7. The van der Waals surface area contributed by atoms with Crippen molar-refractivity contribution < 1.29 is 33.3 Å². The number of carbonyl (C=O) groups is 3. The van der Waals surface area contributed by atoms with E-state index in [2.05, 4.69) is 25.0 Å². The molecule has 1 N–H and O–H groups in total. The fourth-order valence-electron chi connectivity index (χ4n) is 3.48. The van der Waals surface area contributed by atoms with Crippen molar-refractivity contribution in [2.24, 2.45) is 0 Å². The molecule has 0 unspecified atom stereocenters. The van der Waals surface area contributed by atoms with Gasteiger partial charge in [0, 0.05) is 43.7 Å². The quantitative estimate of drug-likeness (QED) is 0.440. The molecule has 0 aromatic carbocycles. The van der Waals surface area contributed by atoms with Crippen LogP contribution in [0.2, 0.25) is 0 Å². The van der Waals surface area contributed by atoms with Crippen LogP contribution in [-0.2, 0) is 9.47 Å². The maximum Gasteiger partial charge on any atom is 0.339 e. The van der Waals surface area contributed by atoms with Gasteiger partial charge >= 0.3 is 5.97 Å². The molecular weight excluding hydrogens is 494 g/mol. The van der Waals surface area contributed by atoms with Crippen molar-refractivity contribution in [3.8, 4) is 17.6 Å². The Morgan fingerprint density at radius 3 is 2.26 bits per heavy atom. The van der Waals surface area contributed by atoms with Crippen molar-refractivity contribution >= 4 is 23.6 Å². The molecule has 1 saturated heterocycles. The Morgan fingerprint density at radius 1 is 0.921 bits per heavy atom. The highest BCUT2D eigenvalue weighted by Gasteiger charge is 2.19. The van der Waals surface area contributed by atoms with Gasteiger partial charge in [-0.1, -0.05) is 0 Å². The maximum atomic E-state index is 13.0. The summed E-state index contributed by atoms with van der Waals surface area (Å²) in [5.41, 5.74) is 0.876. The lowest BCUT2D eigenvalue weighted by Crippen LogP contribution is -2.40. The van der Waals surface area contributed by atoms with Crippen LogP contribution in [0.4, 0.5) is 5.82 Å². The molecule has 3 aromatic heterocycles.